The summed E-state index contributed by atoms with van der Waals surface area (Å²) in [6.07, 6.45) is 0. The fraction of sp³-hybridized carbons (Fsp3) is 0.294. The standard InChI is InChI=1S/C17H20BrN3O/c1-13-10-15(18)8-9-17(13)22-12-21-11-16(20(2)19-21)14-6-4-3-5-7-14/h3-10,16,19H,11-12H2,1-2H3. The Morgan fingerprint density at radius 2 is 2.00 bits per heavy atom. The second-order valence-electron chi connectivity index (χ2n) is 5.54. The molecule has 0 bridgehead atoms. The molecule has 0 saturated carbocycles. The fourth-order valence-electron chi connectivity index (χ4n) is 2.67. The third-order valence-electron chi connectivity index (χ3n) is 3.86. The highest BCUT2D eigenvalue weighted by Gasteiger charge is 2.28. The number of halogens is 1. The summed E-state index contributed by atoms with van der Waals surface area (Å²) in [5.74, 6) is 0.913. The summed E-state index contributed by atoms with van der Waals surface area (Å²) in [6.45, 7) is 3.45. The Bertz CT molecular complexity index is 635. The van der Waals surface area contributed by atoms with E-state index in [-0.39, 0.29) is 0 Å². The van der Waals surface area contributed by atoms with Gasteiger partial charge in [0.05, 0.1) is 6.04 Å². The Morgan fingerprint density at radius 3 is 2.73 bits per heavy atom. The van der Waals surface area contributed by atoms with Crippen LogP contribution < -0.4 is 10.3 Å². The molecule has 1 aliphatic rings. The second kappa shape index (κ2) is 6.79. The number of nitrogens with one attached hydrogen (secondary N) is 1. The van der Waals surface area contributed by atoms with Crippen molar-refractivity contribution in [2.45, 2.75) is 13.0 Å². The SMILES string of the molecule is Cc1cc(Br)ccc1OCN1CC(c2ccccc2)N(C)N1. The second-order valence-corrected chi connectivity index (χ2v) is 6.46. The van der Waals surface area contributed by atoms with Gasteiger partial charge < -0.3 is 4.74 Å². The number of nitrogens with zero attached hydrogens (tertiary/aromatic N) is 2. The van der Waals surface area contributed by atoms with Gasteiger partial charge in [-0.2, -0.15) is 10.5 Å². The molecule has 0 aliphatic carbocycles. The molecule has 0 amide bonds. The summed E-state index contributed by atoms with van der Waals surface area (Å²) in [5, 5.41) is 4.20. The van der Waals surface area contributed by atoms with E-state index < -0.39 is 0 Å². The van der Waals surface area contributed by atoms with Crippen molar-refractivity contribution in [1.82, 2.24) is 15.6 Å². The van der Waals surface area contributed by atoms with Gasteiger partial charge in [0.15, 0.2) is 6.73 Å². The van der Waals surface area contributed by atoms with Gasteiger partial charge in [-0.3, -0.25) is 0 Å². The molecule has 1 aliphatic heterocycles. The minimum atomic E-state index is 0.329. The van der Waals surface area contributed by atoms with E-state index in [1.165, 1.54) is 5.56 Å². The lowest BCUT2D eigenvalue weighted by Crippen LogP contribution is -2.39. The van der Waals surface area contributed by atoms with Gasteiger partial charge in [0.1, 0.15) is 5.75 Å². The van der Waals surface area contributed by atoms with E-state index in [2.05, 4.69) is 75.8 Å². The van der Waals surface area contributed by atoms with Gasteiger partial charge in [-0.25, -0.2) is 5.01 Å². The largest absolute Gasteiger partial charge is 0.477 e. The molecule has 2 aromatic carbocycles. The summed E-state index contributed by atoms with van der Waals surface area (Å²) in [4.78, 5) is 0. The molecule has 1 unspecified atom stereocenters. The highest BCUT2D eigenvalue weighted by atomic mass is 79.9. The van der Waals surface area contributed by atoms with Gasteiger partial charge in [-0.1, -0.05) is 46.3 Å². The lowest BCUT2D eigenvalue weighted by Gasteiger charge is -2.18. The summed E-state index contributed by atoms with van der Waals surface area (Å²) in [5.41, 5.74) is 5.77. The van der Waals surface area contributed by atoms with Gasteiger partial charge in [0.2, 0.25) is 0 Å². The first-order valence-corrected chi connectivity index (χ1v) is 8.11. The fourth-order valence-corrected chi connectivity index (χ4v) is 3.15. The van der Waals surface area contributed by atoms with Crippen LogP contribution in [0.3, 0.4) is 0 Å². The molecule has 1 heterocycles. The number of hydrazine groups is 2. The zero-order valence-corrected chi connectivity index (χ0v) is 14.4. The van der Waals surface area contributed by atoms with Crippen molar-refractivity contribution in [1.29, 1.82) is 0 Å². The number of benzene rings is 2. The molecule has 2 aromatic rings. The van der Waals surface area contributed by atoms with Crippen LogP contribution in [0.4, 0.5) is 0 Å². The lowest BCUT2D eigenvalue weighted by atomic mass is 10.1. The number of aryl methyl sites for hydroxylation is 1. The Balaban J connectivity index is 1.61. The van der Waals surface area contributed by atoms with Crippen LogP contribution in [0.1, 0.15) is 17.2 Å². The van der Waals surface area contributed by atoms with Crippen molar-refractivity contribution < 1.29 is 4.74 Å². The van der Waals surface area contributed by atoms with E-state index in [0.717, 1.165) is 22.3 Å². The Morgan fingerprint density at radius 1 is 1.23 bits per heavy atom. The van der Waals surface area contributed by atoms with Crippen LogP contribution >= 0.6 is 15.9 Å². The quantitative estimate of drug-likeness (QED) is 0.901. The molecule has 0 aromatic heterocycles. The topological polar surface area (TPSA) is 27.7 Å². The number of rotatable bonds is 4. The van der Waals surface area contributed by atoms with Crippen LogP contribution in [0.25, 0.3) is 0 Å². The minimum absolute atomic E-state index is 0.329. The molecule has 1 saturated heterocycles. The first-order valence-electron chi connectivity index (χ1n) is 7.31. The zero-order chi connectivity index (χ0) is 15.5. The van der Waals surface area contributed by atoms with E-state index in [0.29, 0.717) is 12.8 Å². The van der Waals surface area contributed by atoms with Crippen molar-refractivity contribution >= 4 is 15.9 Å². The van der Waals surface area contributed by atoms with Crippen LogP contribution in [0, 0.1) is 6.92 Å². The van der Waals surface area contributed by atoms with Crippen LogP contribution in [0.15, 0.2) is 53.0 Å². The summed E-state index contributed by atoms with van der Waals surface area (Å²) in [6, 6.07) is 16.9. The van der Waals surface area contributed by atoms with E-state index in [4.69, 9.17) is 4.74 Å². The molecule has 1 fully saturated rings. The van der Waals surface area contributed by atoms with E-state index >= 15 is 0 Å². The maximum absolute atomic E-state index is 5.92. The van der Waals surface area contributed by atoms with Gasteiger partial charge in [-0.15, -0.1) is 0 Å². The average molecular weight is 362 g/mol. The molecule has 1 N–H and O–H groups in total. The number of hydrogen-bond acceptors (Lipinski definition) is 4. The Hall–Kier alpha value is -1.40. The van der Waals surface area contributed by atoms with Gasteiger partial charge >= 0.3 is 0 Å². The van der Waals surface area contributed by atoms with Crippen molar-refractivity contribution in [3.8, 4) is 5.75 Å². The summed E-state index contributed by atoms with van der Waals surface area (Å²) in [7, 11) is 2.06. The van der Waals surface area contributed by atoms with Crippen LogP contribution in [0.2, 0.25) is 0 Å². The molecule has 1 atom stereocenters. The third-order valence-corrected chi connectivity index (χ3v) is 4.35. The third kappa shape index (κ3) is 3.50. The predicted octanol–water partition coefficient (Wildman–Crippen LogP) is 3.50. The van der Waals surface area contributed by atoms with Crippen molar-refractivity contribution in [3.05, 3.63) is 64.1 Å². The van der Waals surface area contributed by atoms with Gasteiger partial charge in [0.25, 0.3) is 0 Å². The first-order chi connectivity index (χ1) is 10.6. The Kier molecular flexibility index (Phi) is 4.78. The molecule has 0 spiro atoms. The minimum Gasteiger partial charge on any atom is -0.477 e. The lowest BCUT2D eigenvalue weighted by molar-refractivity contribution is 0.0590. The predicted molar refractivity (Wildman–Crippen MR) is 91.2 cm³/mol. The molecular formula is C17H20BrN3O. The number of likely N-dealkylation sites (N-methyl/N-ethyl adjacent to an activating group) is 1. The molecule has 4 nitrogen and oxygen atoms in total. The van der Waals surface area contributed by atoms with E-state index in [9.17, 15) is 0 Å². The highest BCUT2D eigenvalue weighted by molar-refractivity contribution is 9.10. The number of hydrogen-bond donors (Lipinski definition) is 1. The molecule has 0 radical (unpaired) electrons. The molecule has 5 heteroatoms. The Labute approximate surface area is 139 Å². The van der Waals surface area contributed by atoms with E-state index in [1.807, 2.05) is 18.2 Å². The van der Waals surface area contributed by atoms with E-state index in [1.54, 1.807) is 0 Å². The van der Waals surface area contributed by atoms with Gasteiger partial charge in [0, 0.05) is 18.1 Å². The summed E-state index contributed by atoms with van der Waals surface area (Å²) >= 11 is 3.47. The number of ether oxygens (including phenoxy) is 1. The first kappa shape index (κ1) is 15.5. The normalized spacial score (nSPS) is 19.5. The van der Waals surface area contributed by atoms with Crippen molar-refractivity contribution in [2.24, 2.45) is 0 Å². The molecule has 3 rings (SSSR count). The molecular weight excluding hydrogens is 342 g/mol. The maximum atomic E-state index is 5.92. The van der Waals surface area contributed by atoms with Crippen molar-refractivity contribution in [3.63, 3.8) is 0 Å². The van der Waals surface area contributed by atoms with Crippen LogP contribution in [0.5, 0.6) is 5.75 Å². The average Bonchev–Trinajstić information content (AvgIpc) is 2.88. The molecule has 22 heavy (non-hydrogen) atoms. The molecule has 116 valence electrons. The zero-order valence-electron chi connectivity index (χ0n) is 12.8. The smallest absolute Gasteiger partial charge is 0.155 e. The van der Waals surface area contributed by atoms with Gasteiger partial charge in [-0.05, 0) is 36.2 Å². The highest BCUT2D eigenvalue weighted by Crippen LogP contribution is 2.25. The summed E-state index contributed by atoms with van der Waals surface area (Å²) < 4.78 is 6.99. The van der Waals surface area contributed by atoms with Crippen molar-refractivity contribution in [2.75, 3.05) is 20.3 Å². The van der Waals surface area contributed by atoms with Crippen LogP contribution in [-0.2, 0) is 0 Å². The van der Waals surface area contributed by atoms with Crippen LogP contribution in [-0.4, -0.2) is 30.3 Å². The monoisotopic (exact) mass is 361 g/mol. The maximum Gasteiger partial charge on any atom is 0.155 e.